The van der Waals surface area contributed by atoms with E-state index in [0.29, 0.717) is 37.6 Å². The number of benzene rings is 1. The summed E-state index contributed by atoms with van der Waals surface area (Å²) in [6, 6.07) is 15.2. The van der Waals surface area contributed by atoms with Crippen LogP contribution >= 0.6 is 0 Å². The number of amides is 1. The molecule has 1 aliphatic rings. The van der Waals surface area contributed by atoms with Crippen LogP contribution in [-0.2, 0) is 4.84 Å². The lowest BCUT2D eigenvalue weighted by Crippen LogP contribution is -2.30. The summed E-state index contributed by atoms with van der Waals surface area (Å²) in [6.45, 7) is 3.44. The fraction of sp³-hybridized carbons (Fsp3) is 0.286. The number of unbranched alkanes of at least 4 members (excludes halogenated alkanes) is 1. The third-order valence-corrected chi connectivity index (χ3v) is 6.01. The Morgan fingerprint density at radius 3 is 2.92 bits per heavy atom. The van der Waals surface area contributed by atoms with Crippen LogP contribution in [0.2, 0.25) is 0 Å². The molecule has 1 N–H and O–H groups in total. The summed E-state index contributed by atoms with van der Waals surface area (Å²) in [5.74, 6) is 1.18. The molecular formula is C28H29N5O4. The van der Waals surface area contributed by atoms with Gasteiger partial charge in [-0.05, 0) is 30.7 Å². The van der Waals surface area contributed by atoms with Gasteiger partial charge in [-0.1, -0.05) is 36.7 Å². The maximum Gasteiger partial charge on any atom is 0.253 e. The van der Waals surface area contributed by atoms with Gasteiger partial charge < -0.3 is 24.0 Å². The van der Waals surface area contributed by atoms with E-state index in [1.165, 1.54) is 0 Å². The smallest absolute Gasteiger partial charge is 0.253 e. The van der Waals surface area contributed by atoms with Gasteiger partial charge in [-0.15, -0.1) is 0 Å². The minimum absolute atomic E-state index is 0.178. The molecular weight excluding hydrogens is 470 g/mol. The molecule has 1 aromatic carbocycles. The number of carbonyl (C=O) groups is 1. The van der Waals surface area contributed by atoms with Crippen LogP contribution in [0.3, 0.4) is 0 Å². The first-order valence-electron chi connectivity index (χ1n) is 12.4. The van der Waals surface area contributed by atoms with E-state index >= 15 is 0 Å². The van der Waals surface area contributed by atoms with Gasteiger partial charge in [-0.3, -0.25) is 4.79 Å². The van der Waals surface area contributed by atoms with Gasteiger partial charge in [-0.2, -0.15) is 0 Å². The Balaban J connectivity index is 1.11. The highest BCUT2D eigenvalue weighted by atomic mass is 16.7. The first-order chi connectivity index (χ1) is 18.2. The highest BCUT2D eigenvalue weighted by molar-refractivity contribution is 5.98. The molecule has 9 nitrogen and oxygen atoms in total. The number of aromatic nitrogens is 3. The van der Waals surface area contributed by atoms with E-state index in [-0.39, 0.29) is 12.0 Å². The largest absolute Gasteiger partial charge is 0.489 e. The summed E-state index contributed by atoms with van der Waals surface area (Å²) >= 11 is 0. The lowest BCUT2D eigenvalue weighted by Gasteiger charge is -2.14. The number of imidazole rings is 1. The minimum atomic E-state index is -0.227. The third-order valence-electron chi connectivity index (χ3n) is 6.01. The number of carbonyl (C=O) groups excluding carboxylic acids is 1. The quantitative estimate of drug-likeness (QED) is 0.305. The summed E-state index contributed by atoms with van der Waals surface area (Å²) in [7, 11) is 0. The number of hydrogen-bond acceptors (Lipinski definition) is 7. The SMILES string of the molecule is CCCCOc1ccc(-c2ccccc2OCC2CC(CNC(=O)c3ccc4nccn4c3)=NO2)cn1. The van der Waals surface area contributed by atoms with Crippen molar-refractivity contribution in [3.05, 3.63) is 78.9 Å². The van der Waals surface area contributed by atoms with Gasteiger partial charge in [-0.25, -0.2) is 9.97 Å². The van der Waals surface area contributed by atoms with Crippen molar-refractivity contribution in [3.63, 3.8) is 0 Å². The maximum atomic E-state index is 12.5. The van der Waals surface area contributed by atoms with Gasteiger partial charge in [0.05, 0.1) is 24.4 Å². The lowest BCUT2D eigenvalue weighted by atomic mass is 10.1. The van der Waals surface area contributed by atoms with Crippen molar-refractivity contribution in [3.8, 4) is 22.8 Å². The van der Waals surface area contributed by atoms with Gasteiger partial charge in [0.15, 0.2) is 6.10 Å². The Hall–Kier alpha value is -4.40. The number of para-hydroxylation sites is 1. The number of rotatable bonds is 11. The van der Waals surface area contributed by atoms with Gasteiger partial charge in [0.2, 0.25) is 5.88 Å². The van der Waals surface area contributed by atoms with Crippen molar-refractivity contribution in [1.29, 1.82) is 0 Å². The number of nitrogens with one attached hydrogen (secondary N) is 1. The molecule has 0 aliphatic carbocycles. The fourth-order valence-electron chi connectivity index (χ4n) is 3.98. The molecule has 5 rings (SSSR count). The molecule has 0 bridgehead atoms. The number of pyridine rings is 2. The standard InChI is InChI=1S/C28H29N5O4/c1-2-3-14-35-27-11-9-20(16-30-27)24-6-4-5-7-25(24)36-19-23-15-22(32-37-23)17-31-28(34)21-8-10-26-29-12-13-33(26)18-21/h4-13,16,18,23H,2-3,14-15,17,19H2,1H3,(H,31,34). The molecule has 0 saturated heterocycles. The fourth-order valence-corrected chi connectivity index (χ4v) is 3.98. The second kappa shape index (κ2) is 11.6. The average molecular weight is 500 g/mol. The zero-order valence-electron chi connectivity index (χ0n) is 20.7. The predicted molar refractivity (Wildman–Crippen MR) is 140 cm³/mol. The van der Waals surface area contributed by atoms with E-state index in [1.807, 2.05) is 46.9 Å². The summed E-state index contributed by atoms with van der Waals surface area (Å²) in [5, 5.41) is 7.04. The number of ether oxygens (including phenoxy) is 2. The Labute approximate surface area is 215 Å². The summed E-state index contributed by atoms with van der Waals surface area (Å²) in [4.78, 5) is 26.7. The van der Waals surface area contributed by atoms with Crippen LogP contribution in [-0.4, -0.2) is 51.9 Å². The molecule has 0 spiro atoms. The van der Waals surface area contributed by atoms with E-state index in [4.69, 9.17) is 14.3 Å². The summed E-state index contributed by atoms with van der Waals surface area (Å²) < 4.78 is 13.6. The van der Waals surface area contributed by atoms with Crippen LogP contribution in [0.25, 0.3) is 16.8 Å². The number of oxime groups is 1. The van der Waals surface area contributed by atoms with E-state index in [9.17, 15) is 4.79 Å². The predicted octanol–water partition coefficient (Wildman–Crippen LogP) is 4.53. The first kappa shape index (κ1) is 24.3. The third kappa shape index (κ3) is 6.06. The summed E-state index contributed by atoms with van der Waals surface area (Å²) in [6.07, 6.45) is 9.48. The Morgan fingerprint density at radius 2 is 2.05 bits per heavy atom. The van der Waals surface area contributed by atoms with Gasteiger partial charge in [0.25, 0.3) is 5.91 Å². The topological polar surface area (TPSA) is 99.3 Å². The van der Waals surface area contributed by atoms with Crippen LogP contribution in [0.5, 0.6) is 11.6 Å². The van der Waals surface area contributed by atoms with Crippen molar-refractivity contribution < 1.29 is 19.1 Å². The van der Waals surface area contributed by atoms with E-state index in [1.54, 1.807) is 30.9 Å². The van der Waals surface area contributed by atoms with Crippen molar-refractivity contribution in [2.45, 2.75) is 32.3 Å². The van der Waals surface area contributed by atoms with Gasteiger partial charge in [0, 0.05) is 48.4 Å². The monoisotopic (exact) mass is 499 g/mol. The van der Waals surface area contributed by atoms with Crippen LogP contribution in [0.1, 0.15) is 36.5 Å². The zero-order chi connectivity index (χ0) is 25.5. The number of fused-ring (bicyclic) bond motifs is 1. The van der Waals surface area contributed by atoms with Crippen LogP contribution in [0.15, 0.2) is 78.5 Å². The summed E-state index contributed by atoms with van der Waals surface area (Å²) in [5.41, 5.74) is 3.99. The van der Waals surface area contributed by atoms with Crippen LogP contribution in [0, 0.1) is 0 Å². The second-order valence-electron chi connectivity index (χ2n) is 8.78. The van der Waals surface area contributed by atoms with E-state index < -0.39 is 0 Å². The Bertz CT molecular complexity index is 1380. The Morgan fingerprint density at radius 1 is 1.14 bits per heavy atom. The molecule has 1 unspecified atom stereocenters. The first-order valence-corrected chi connectivity index (χ1v) is 12.4. The van der Waals surface area contributed by atoms with Crippen molar-refractivity contribution in [2.24, 2.45) is 5.16 Å². The molecule has 3 aromatic heterocycles. The molecule has 1 atom stereocenters. The van der Waals surface area contributed by atoms with Crippen LogP contribution in [0.4, 0.5) is 0 Å². The highest BCUT2D eigenvalue weighted by Gasteiger charge is 2.23. The molecule has 4 heterocycles. The Kier molecular flexibility index (Phi) is 7.59. The molecule has 37 heavy (non-hydrogen) atoms. The van der Waals surface area contributed by atoms with Crippen molar-refractivity contribution in [1.82, 2.24) is 19.7 Å². The minimum Gasteiger partial charge on any atom is -0.489 e. The van der Waals surface area contributed by atoms with Crippen molar-refractivity contribution >= 4 is 17.3 Å². The molecule has 0 radical (unpaired) electrons. The number of hydrogen-bond donors (Lipinski definition) is 1. The molecule has 1 amide bonds. The normalized spacial score (nSPS) is 14.7. The van der Waals surface area contributed by atoms with E-state index in [2.05, 4.69) is 27.4 Å². The second-order valence-corrected chi connectivity index (χ2v) is 8.78. The maximum absolute atomic E-state index is 12.5. The average Bonchev–Trinajstić information content (AvgIpc) is 3.60. The van der Waals surface area contributed by atoms with Gasteiger partial charge >= 0.3 is 0 Å². The van der Waals surface area contributed by atoms with E-state index in [0.717, 1.165) is 41.1 Å². The van der Waals surface area contributed by atoms with Crippen molar-refractivity contribution in [2.75, 3.05) is 19.8 Å². The molecule has 0 saturated carbocycles. The highest BCUT2D eigenvalue weighted by Crippen LogP contribution is 2.30. The zero-order valence-corrected chi connectivity index (χ0v) is 20.7. The number of nitrogens with zero attached hydrogens (tertiary/aromatic N) is 4. The molecule has 9 heteroatoms. The molecule has 1 aliphatic heterocycles. The molecule has 4 aromatic rings. The van der Waals surface area contributed by atoms with Crippen LogP contribution < -0.4 is 14.8 Å². The lowest BCUT2D eigenvalue weighted by molar-refractivity contribution is 0.0472. The van der Waals surface area contributed by atoms with Gasteiger partial charge in [0.1, 0.15) is 18.0 Å². The molecule has 0 fully saturated rings. The molecule has 190 valence electrons.